The van der Waals surface area contributed by atoms with Gasteiger partial charge in [-0.2, -0.15) is 0 Å². The molecule has 3 aromatic rings. The zero-order valence-electron chi connectivity index (χ0n) is 24.5. The van der Waals surface area contributed by atoms with Crippen molar-refractivity contribution >= 4 is 21.7 Å². The number of nitrogens with one attached hydrogen (secondary N) is 1. The molecule has 1 amide bonds. The number of nitrogens with zero attached hydrogens (tertiary/aromatic N) is 1. The van der Waals surface area contributed by atoms with Crippen molar-refractivity contribution in [3.63, 3.8) is 0 Å². The Hall–Kier alpha value is -3.53. The lowest BCUT2D eigenvalue weighted by Gasteiger charge is -2.24. The molecule has 0 aromatic heterocycles. The van der Waals surface area contributed by atoms with Gasteiger partial charge in [0.25, 0.3) is 5.91 Å². The fourth-order valence-electron chi connectivity index (χ4n) is 5.79. The Morgan fingerprint density at radius 2 is 1.74 bits per heavy atom. The van der Waals surface area contributed by atoms with Gasteiger partial charge in [0.2, 0.25) is 0 Å². The van der Waals surface area contributed by atoms with E-state index in [0.29, 0.717) is 30.2 Å². The summed E-state index contributed by atoms with van der Waals surface area (Å²) in [4.78, 5) is 27.7. The summed E-state index contributed by atoms with van der Waals surface area (Å²) in [6.45, 7) is 4.23. The number of methoxy groups -OCH3 is 1. The predicted molar refractivity (Wildman–Crippen MR) is 164 cm³/mol. The van der Waals surface area contributed by atoms with E-state index >= 15 is 0 Å². The molecule has 1 fully saturated rings. The van der Waals surface area contributed by atoms with Crippen LogP contribution in [0.25, 0.3) is 11.1 Å². The Bertz CT molecular complexity index is 1490. The van der Waals surface area contributed by atoms with Gasteiger partial charge in [-0.05, 0) is 72.1 Å². The largest absolute Gasteiger partial charge is 0.480 e. The lowest BCUT2D eigenvalue weighted by molar-refractivity contribution is -0.139. The number of carbonyl (C=O) groups excluding carboxylic acids is 1. The Morgan fingerprint density at radius 1 is 1.02 bits per heavy atom. The highest BCUT2D eigenvalue weighted by molar-refractivity contribution is 7.90. The SMILES string of the molecule is COC[C@@H]1C[C@@H](Cc2ccccc2)CN1Cc1ccc(C(=O)N[C@@H](CCS(C)(=O)=O)C(=O)O)c(-c2ccccc2C)c1. The van der Waals surface area contributed by atoms with Crippen molar-refractivity contribution in [2.45, 2.75) is 44.8 Å². The van der Waals surface area contributed by atoms with Gasteiger partial charge in [-0.1, -0.05) is 60.7 Å². The summed E-state index contributed by atoms with van der Waals surface area (Å²) in [6, 6.07) is 22.9. The standard InChI is InChI=1S/C33H40N2O6S/c1-23-9-7-8-12-28(23)30-19-25(13-14-29(30)32(36)34-31(33(37)38)15-16-42(3,39)40)20-35-21-26(18-27(35)22-41-2)17-24-10-5-4-6-11-24/h4-14,19,26-27,31H,15-18,20-22H2,1-3H3,(H,34,36)(H,37,38)/t26-,27+,31+/m1/s1. The van der Waals surface area contributed by atoms with Crippen LogP contribution in [0.15, 0.2) is 72.8 Å². The van der Waals surface area contributed by atoms with Crippen LogP contribution in [0.4, 0.5) is 0 Å². The molecule has 9 heteroatoms. The monoisotopic (exact) mass is 592 g/mol. The van der Waals surface area contributed by atoms with Gasteiger partial charge in [-0.25, -0.2) is 13.2 Å². The first-order valence-electron chi connectivity index (χ1n) is 14.2. The number of hydrogen-bond donors (Lipinski definition) is 2. The fraction of sp³-hybridized carbons (Fsp3) is 0.394. The third-order valence-corrected chi connectivity index (χ3v) is 8.85. The van der Waals surface area contributed by atoms with Gasteiger partial charge >= 0.3 is 5.97 Å². The van der Waals surface area contributed by atoms with E-state index in [2.05, 4.69) is 34.5 Å². The van der Waals surface area contributed by atoms with Crippen molar-refractivity contribution in [2.24, 2.45) is 5.92 Å². The van der Waals surface area contributed by atoms with Gasteiger partial charge in [-0.15, -0.1) is 0 Å². The number of ether oxygens (including phenoxy) is 1. The van der Waals surface area contributed by atoms with E-state index in [4.69, 9.17) is 4.74 Å². The topological polar surface area (TPSA) is 113 Å². The van der Waals surface area contributed by atoms with Crippen LogP contribution >= 0.6 is 0 Å². The zero-order valence-corrected chi connectivity index (χ0v) is 25.3. The molecule has 2 N–H and O–H groups in total. The summed E-state index contributed by atoms with van der Waals surface area (Å²) < 4.78 is 28.8. The van der Waals surface area contributed by atoms with Gasteiger partial charge in [-0.3, -0.25) is 9.69 Å². The van der Waals surface area contributed by atoms with Crippen LogP contribution in [0.3, 0.4) is 0 Å². The fourth-order valence-corrected chi connectivity index (χ4v) is 6.45. The number of carboxylic acids is 1. The van der Waals surface area contributed by atoms with Crippen LogP contribution in [0.2, 0.25) is 0 Å². The Kier molecular flexibility index (Phi) is 10.5. The Morgan fingerprint density at radius 3 is 2.40 bits per heavy atom. The predicted octanol–water partition coefficient (Wildman–Crippen LogP) is 4.36. The highest BCUT2D eigenvalue weighted by Gasteiger charge is 2.32. The number of rotatable bonds is 13. The minimum atomic E-state index is -3.39. The number of hydrogen-bond acceptors (Lipinski definition) is 6. The van der Waals surface area contributed by atoms with Crippen LogP contribution in [-0.4, -0.2) is 74.7 Å². The van der Waals surface area contributed by atoms with E-state index in [1.807, 2.05) is 49.4 Å². The van der Waals surface area contributed by atoms with Crippen molar-refractivity contribution in [1.82, 2.24) is 10.2 Å². The number of amides is 1. The third-order valence-electron chi connectivity index (χ3n) is 7.87. The number of benzene rings is 3. The van der Waals surface area contributed by atoms with Crippen molar-refractivity contribution in [1.29, 1.82) is 0 Å². The highest BCUT2D eigenvalue weighted by atomic mass is 32.2. The van der Waals surface area contributed by atoms with E-state index < -0.39 is 27.8 Å². The molecule has 0 bridgehead atoms. The van der Waals surface area contributed by atoms with E-state index in [-0.39, 0.29) is 18.2 Å². The molecule has 1 heterocycles. The minimum absolute atomic E-state index is 0.211. The maximum absolute atomic E-state index is 13.4. The molecule has 8 nitrogen and oxygen atoms in total. The molecule has 224 valence electrons. The number of likely N-dealkylation sites (tertiary alicyclic amines) is 1. The molecule has 1 aliphatic rings. The van der Waals surface area contributed by atoms with Gasteiger partial charge in [0.1, 0.15) is 15.9 Å². The average Bonchev–Trinajstić information content (AvgIpc) is 3.31. The molecule has 4 rings (SSSR count). The molecule has 1 aliphatic heterocycles. The molecule has 3 aromatic carbocycles. The van der Waals surface area contributed by atoms with Gasteiger partial charge in [0.15, 0.2) is 0 Å². The first-order chi connectivity index (χ1) is 20.0. The zero-order chi connectivity index (χ0) is 30.3. The van der Waals surface area contributed by atoms with Gasteiger partial charge in [0.05, 0.1) is 12.4 Å². The molecular weight excluding hydrogens is 552 g/mol. The molecule has 0 aliphatic carbocycles. The lowest BCUT2D eigenvalue weighted by atomic mass is 9.93. The maximum atomic E-state index is 13.4. The Labute approximate surface area is 248 Å². The van der Waals surface area contributed by atoms with Crippen LogP contribution in [0.1, 0.15) is 39.9 Å². The quantitative estimate of drug-likeness (QED) is 0.303. The van der Waals surface area contributed by atoms with Crippen LogP contribution in [-0.2, 0) is 32.3 Å². The van der Waals surface area contributed by atoms with Crippen LogP contribution < -0.4 is 5.32 Å². The van der Waals surface area contributed by atoms with Gasteiger partial charge in [0, 0.05) is 38.1 Å². The van der Waals surface area contributed by atoms with Crippen molar-refractivity contribution in [3.05, 3.63) is 95.1 Å². The molecule has 42 heavy (non-hydrogen) atoms. The van der Waals surface area contributed by atoms with E-state index in [1.165, 1.54) is 5.56 Å². The van der Waals surface area contributed by atoms with Crippen molar-refractivity contribution < 1.29 is 27.9 Å². The van der Waals surface area contributed by atoms with Gasteiger partial charge < -0.3 is 15.2 Å². The number of aliphatic carboxylic acids is 1. The minimum Gasteiger partial charge on any atom is -0.480 e. The second-order valence-electron chi connectivity index (χ2n) is 11.3. The first kappa shape index (κ1) is 31.4. The summed E-state index contributed by atoms with van der Waals surface area (Å²) in [7, 11) is -1.66. The molecule has 0 unspecified atom stereocenters. The lowest BCUT2D eigenvalue weighted by Crippen LogP contribution is -2.42. The van der Waals surface area contributed by atoms with E-state index in [0.717, 1.165) is 42.3 Å². The van der Waals surface area contributed by atoms with Crippen LogP contribution in [0, 0.1) is 12.8 Å². The molecule has 0 spiro atoms. The highest BCUT2D eigenvalue weighted by Crippen LogP contribution is 2.32. The smallest absolute Gasteiger partial charge is 0.326 e. The van der Waals surface area contributed by atoms with Crippen LogP contribution in [0.5, 0.6) is 0 Å². The third kappa shape index (κ3) is 8.50. The number of aryl methyl sites for hydroxylation is 1. The van der Waals surface area contributed by atoms with Crippen molar-refractivity contribution in [2.75, 3.05) is 32.3 Å². The summed E-state index contributed by atoms with van der Waals surface area (Å²) >= 11 is 0. The molecule has 3 atom stereocenters. The summed E-state index contributed by atoms with van der Waals surface area (Å²) in [5.41, 5.74) is 5.28. The van der Waals surface area contributed by atoms with E-state index in [1.54, 1.807) is 13.2 Å². The summed E-state index contributed by atoms with van der Waals surface area (Å²) in [6.07, 6.45) is 2.88. The second kappa shape index (κ2) is 14.1. The number of carboxylic acid groups (broad SMARTS) is 1. The number of sulfone groups is 1. The Balaban J connectivity index is 1.60. The number of carbonyl (C=O) groups is 2. The van der Waals surface area contributed by atoms with Crippen molar-refractivity contribution in [3.8, 4) is 11.1 Å². The normalized spacial score (nSPS) is 18.1. The second-order valence-corrected chi connectivity index (χ2v) is 13.6. The summed E-state index contributed by atoms with van der Waals surface area (Å²) in [5.74, 6) is -1.66. The molecule has 1 saturated heterocycles. The average molecular weight is 593 g/mol. The molecule has 0 saturated carbocycles. The summed E-state index contributed by atoms with van der Waals surface area (Å²) in [5, 5.41) is 12.2. The molecular formula is C33H40N2O6S. The van der Waals surface area contributed by atoms with E-state index in [9.17, 15) is 23.1 Å². The maximum Gasteiger partial charge on any atom is 0.326 e. The first-order valence-corrected chi connectivity index (χ1v) is 16.3. The molecule has 0 radical (unpaired) electrons.